The molecule has 4 nitrogen and oxygen atoms in total. The van der Waals surface area contributed by atoms with Crippen molar-refractivity contribution in [1.29, 1.82) is 0 Å². The molecule has 1 saturated heterocycles. The van der Waals surface area contributed by atoms with Crippen molar-refractivity contribution >= 4 is 21.6 Å². The van der Waals surface area contributed by atoms with Gasteiger partial charge in [0.05, 0.1) is 31.6 Å². The molecular formula is C14H20BrNO3. The highest BCUT2D eigenvalue weighted by Gasteiger charge is 2.21. The van der Waals surface area contributed by atoms with Crippen LogP contribution in [0.2, 0.25) is 0 Å². The first-order valence-corrected chi connectivity index (χ1v) is 7.40. The van der Waals surface area contributed by atoms with Gasteiger partial charge in [-0.15, -0.1) is 0 Å². The number of aliphatic hydroxyl groups excluding tert-OH is 2. The second-order valence-electron chi connectivity index (χ2n) is 4.72. The Morgan fingerprint density at radius 1 is 1.26 bits per heavy atom. The van der Waals surface area contributed by atoms with Gasteiger partial charge in [0.25, 0.3) is 0 Å². The van der Waals surface area contributed by atoms with Gasteiger partial charge in [0.15, 0.2) is 0 Å². The molecule has 0 atom stereocenters. The summed E-state index contributed by atoms with van der Waals surface area (Å²) in [5.41, 5.74) is 2.08. The third-order valence-corrected chi connectivity index (χ3v) is 4.06. The molecule has 0 radical (unpaired) electrons. The number of rotatable bonds is 5. The number of aliphatic hydroxyl groups is 2. The standard InChI is InChI=1S/C14H20BrNO3/c15-13-9-11(10-18)1-2-14(13)16-5-3-12(4-6-16)19-8-7-17/h1-2,9,12,17-18H,3-8,10H2. The van der Waals surface area contributed by atoms with Crippen molar-refractivity contribution in [2.45, 2.75) is 25.6 Å². The molecule has 106 valence electrons. The molecule has 2 N–H and O–H groups in total. The minimum atomic E-state index is 0.0654. The zero-order valence-corrected chi connectivity index (χ0v) is 12.5. The molecular weight excluding hydrogens is 310 g/mol. The Bertz CT molecular complexity index is 406. The Balaban J connectivity index is 1.94. The summed E-state index contributed by atoms with van der Waals surface area (Å²) in [6.07, 6.45) is 2.22. The smallest absolute Gasteiger partial charge is 0.0701 e. The molecule has 19 heavy (non-hydrogen) atoms. The van der Waals surface area contributed by atoms with Gasteiger partial charge in [0.2, 0.25) is 0 Å². The number of nitrogens with zero attached hydrogens (tertiary/aromatic N) is 1. The normalized spacial score (nSPS) is 16.9. The Kier molecular flexibility index (Phi) is 5.63. The molecule has 1 aromatic carbocycles. The van der Waals surface area contributed by atoms with Crippen molar-refractivity contribution in [3.8, 4) is 0 Å². The summed E-state index contributed by atoms with van der Waals surface area (Å²) in [6, 6.07) is 5.96. The van der Waals surface area contributed by atoms with E-state index in [1.54, 1.807) is 0 Å². The summed E-state index contributed by atoms with van der Waals surface area (Å²) in [4.78, 5) is 2.32. The lowest BCUT2D eigenvalue weighted by atomic mass is 10.1. The van der Waals surface area contributed by atoms with Crippen LogP contribution in [0.1, 0.15) is 18.4 Å². The second kappa shape index (κ2) is 7.24. The molecule has 1 fully saturated rings. The Morgan fingerprint density at radius 3 is 2.58 bits per heavy atom. The maximum absolute atomic E-state index is 9.11. The Hall–Kier alpha value is -0.620. The zero-order chi connectivity index (χ0) is 13.7. The average molecular weight is 330 g/mol. The van der Waals surface area contributed by atoms with Crippen LogP contribution in [0.5, 0.6) is 0 Å². The third-order valence-electron chi connectivity index (χ3n) is 3.42. The summed E-state index contributed by atoms with van der Waals surface area (Å²) in [5.74, 6) is 0. The Labute approximate surface area is 122 Å². The minimum absolute atomic E-state index is 0.0654. The van der Waals surface area contributed by atoms with Crippen molar-refractivity contribution in [1.82, 2.24) is 0 Å². The van der Waals surface area contributed by atoms with Crippen LogP contribution in [0.25, 0.3) is 0 Å². The number of anilines is 1. The maximum atomic E-state index is 9.11. The van der Waals surface area contributed by atoms with E-state index in [-0.39, 0.29) is 19.3 Å². The quantitative estimate of drug-likeness (QED) is 0.866. The average Bonchev–Trinajstić information content (AvgIpc) is 2.45. The minimum Gasteiger partial charge on any atom is -0.394 e. The number of piperidine rings is 1. The van der Waals surface area contributed by atoms with Crippen LogP contribution in [0.15, 0.2) is 22.7 Å². The van der Waals surface area contributed by atoms with Crippen molar-refractivity contribution in [2.75, 3.05) is 31.2 Å². The maximum Gasteiger partial charge on any atom is 0.0701 e. The molecule has 0 unspecified atom stereocenters. The van der Waals surface area contributed by atoms with E-state index in [1.807, 2.05) is 18.2 Å². The fraction of sp³-hybridized carbons (Fsp3) is 0.571. The first-order chi connectivity index (χ1) is 9.24. The molecule has 1 heterocycles. The van der Waals surface area contributed by atoms with E-state index < -0.39 is 0 Å². The van der Waals surface area contributed by atoms with Gasteiger partial charge in [-0.3, -0.25) is 0 Å². The van der Waals surface area contributed by atoms with E-state index in [4.69, 9.17) is 14.9 Å². The summed E-state index contributed by atoms with van der Waals surface area (Å²) < 4.78 is 6.58. The monoisotopic (exact) mass is 329 g/mol. The molecule has 2 rings (SSSR count). The van der Waals surface area contributed by atoms with Gasteiger partial charge in [0.1, 0.15) is 0 Å². The fourth-order valence-electron chi connectivity index (χ4n) is 2.39. The van der Waals surface area contributed by atoms with Crippen molar-refractivity contribution in [2.24, 2.45) is 0 Å². The number of benzene rings is 1. The SMILES string of the molecule is OCCOC1CCN(c2ccc(CO)cc2Br)CC1. The summed E-state index contributed by atoms with van der Waals surface area (Å²) >= 11 is 3.56. The van der Waals surface area contributed by atoms with Gasteiger partial charge in [-0.2, -0.15) is 0 Å². The van der Waals surface area contributed by atoms with Gasteiger partial charge in [-0.05, 0) is 46.5 Å². The van der Waals surface area contributed by atoms with E-state index in [9.17, 15) is 0 Å². The zero-order valence-electron chi connectivity index (χ0n) is 10.9. The van der Waals surface area contributed by atoms with E-state index in [2.05, 4.69) is 20.8 Å². The van der Waals surface area contributed by atoms with Gasteiger partial charge in [-0.1, -0.05) is 6.07 Å². The topological polar surface area (TPSA) is 52.9 Å². The van der Waals surface area contributed by atoms with Gasteiger partial charge in [0, 0.05) is 17.6 Å². The second-order valence-corrected chi connectivity index (χ2v) is 5.58. The molecule has 1 aliphatic rings. The third kappa shape index (κ3) is 3.92. The molecule has 5 heteroatoms. The number of ether oxygens (including phenoxy) is 1. The van der Waals surface area contributed by atoms with Crippen LogP contribution < -0.4 is 4.90 Å². The van der Waals surface area contributed by atoms with Crippen molar-refractivity contribution in [3.05, 3.63) is 28.2 Å². The lowest BCUT2D eigenvalue weighted by molar-refractivity contribution is 0.0159. The van der Waals surface area contributed by atoms with E-state index in [1.165, 1.54) is 0 Å². The number of hydrogen-bond acceptors (Lipinski definition) is 4. The molecule has 1 aliphatic heterocycles. The molecule has 1 aromatic rings. The number of halogens is 1. The molecule has 0 bridgehead atoms. The predicted octanol–water partition coefficient (Wildman–Crippen LogP) is 1.92. The summed E-state index contributed by atoms with van der Waals surface area (Å²) in [5, 5.41) is 17.9. The van der Waals surface area contributed by atoms with Gasteiger partial charge in [-0.25, -0.2) is 0 Å². The van der Waals surface area contributed by atoms with E-state index in [0.29, 0.717) is 6.61 Å². The van der Waals surface area contributed by atoms with E-state index in [0.717, 1.165) is 41.7 Å². The highest BCUT2D eigenvalue weighted by atomic mass is 79.9. The van der Waals surface area contributed by atoms with Crippen LogP contribution in [0, 0.1) is 0 Å². The largest absolute Gasteiger partial charge is 0.394 e. The van der Waals surface area contributed by atoms with Crippen LogP contribution in [0.3, 0.4) is 0 Å². The highest BCUT2D eigenvalue weighted by Crippen LogP contribution is 2.30. The van der Waals surface area contributed by atoms with Gasteiger partial charge < -0.3 is 19.8 Å². The first-order valence-electron chi connectivity index (χ1n) is 6.61. The van der Waals surface area contributed by atoms with Crippen LogP contribution in [-0.2, 0) is 11.3 Å². The van der Waals surface area contributed by atoms with Crippen LogP contribution >= 0.6 is 15.9 Å². The molecule has 0 spiro atoms. The van der Waals surface area contributed by atoms with Crippen molar-refractivity contribution < 1.29 is 14.9 Å². The fourth-order valence-corrected chi connectivity index (χ4v) is 3.06. The molecule has 0 aliphatic carbocycles. The first kappa shape index (κ1) is 14.8. The van der Waals surface area contributed by atoms with Crippen LogP contribution in [-0.4, -0.2) is 42.6 Å². The lowest BCUT2D eigenvalue weighted by Gasteiger charge is -2.34. The lowest BCUT2D eigenvalue weighted by Crippen LogP contribution is -2.37. The number of hydrogen-bond donors (Lipinski definition) is 2. The van der Waals surface area contributed by atoms with Crippen LogP contribution in [0.4, 0.5) is 5.69 Å². The molecule has 0 aromatic heterocycles. The molecule has 0 amide bonds. The van der Waals surface area contributed by atoms with Gasteiger partial charge >= 0.3 is 0 Å². The van der Waals surface area contributed by atoms with E-state index >= 15 is 0 Å². The van der Waals surface area contributed by atoms with Crippen molar-refractivity contribution in [3.63, 3.8) is 0 Å². The molecule has 0 saturated carbocycles. The predicted molar refractivity (Wildman–Crippen MR) is 78.3 cm³/mol. The summed E-state index contributed by atoms with van der Waals surface area (Å²) in [7, 11) is 0. The summed E-state index contributed by atoms with van der Waals surface area (Å²) in [6.45, 7) is 2.49. The highest BCUT2D eigenvalue weighted by molar-refractivity contribution is 9.10. The Morgan fingerprint density at radius 2 is 2.00 bits per heavy atom.